The van der Waals surface area contributed by atoms with E-state index in [4.69, 9.17) is 16.3 Å². The minimum atomic E-state index is -0.288. The van der Waals surface area contributed by atoms with Crippen molar-refractivity contribution in [3.05, 3.63) is 57.9 Å². The van der Waals surface area contributed by atoms with Gasteiger partial charge in [-0.05, 0) is 50.2 Å². The fourth-order valence-corrected chi connectivity index (χ4v) is 3.76. The van der Waals surface area contributed by atoms with E-state index >= 15 is 0 Å². The van der Waals surface area contributed by atoms with E-state index in [1.165, 1.54) is 11.3 Å². The van der Waals surface area contributed by atoms with Gasteiger partial charge in [0.25, 0.3) is 5.91 Å². The highest BCUT2D eigenvalue weighted by Gasteiger charge is 2.09. The summed E-state index contributed by atoms with van der Waals surface area (Å²) in [6.07, 6.45) is 0.0959. The number of nitrogens with zero attached hydrogens (tertiary/aromatic N) is 2. The van der Waals surface area contributed by atoms with Crippen molar-refractivity contribution in [1.82, 2.24) is 4.57 Å². The Morgan fingerprint density at radius 1 is 1.21 bits per heavy atom. The predicted octanol–water partition coefficient (Wildman–Crippen LogP) is 4.42. The Balaban J connectivity index is 1.95. The van der Waals surface area contributed by atoms with Gasteiger partial charge in [-0.25, -0.2) is 0 Å². The van der Waals surface area contributed by atoms with Crippen molar-refractivity contribution in [3.63, 3.8) is 0 Å². The molecule has 1 heterocycles. The first-order valence-electron chi connectivity index (χ1n) is 7.55. The maximum Gasteiger partial charge on any atom is 0.279 e. The number of hydrogen-bond acceptors (Lipinski definition) is 3. The number of benzene rings is 2. The van der Waals surface area contributed by atoms with Crippen LogP contribution < -0.4 is 9.54 Å². The Bertz CT molecular complexity index is 955. The van der Waals surface area contributed by atoms with Gasteiger partial charge < -0.3 is 9.30 Å². The molecular formula is C18H17ClN2O2S. The summed E-state index contributed by atoms with van der Waals surface area (Å²) in [5, 5.41) is 0.648. The lowest BCUT2D eigenvalue weighted by atomic mass is 10.2. The molecule has 0 fully saturated rings. The number of rotatable bonds is 3. The zero-order chi connectivity index (χ0) is 17.3. The summed E-state index contributed by atoms with van der Waals surface area (Å²) in [5.41, 5.74) is 1.41. The van der Waals surface area contributed by atoms with Crippen molar-refractivity contribution in [2.45, 2.75) is 20.0 Å². The molecule has 0 saturated carbocycles. The lowest BCUT2D eigenvalue weighted by molar-refractivity contribution is 0.0998. The number of amides is 1. The largest absolute Gasteiger partial charge is 0.491 e. The summed E-state index contributed by atoms with van der Waals surface area (Å²) < 4.78 is 8.42. The molecule has 1 aromatic heterocycles. The van der Waals surface area contributed by atoms with Crippen LogP contribution in [0.1, 0.15) is 24.2 Å². The van der Waals surface area contributed by atoms with Crippen LogP contribution in [0.15, 0.2) is 47.5 Å². The smallest absolute Gasteiger partial charge is 0.279 e. The maximum atomic E-state index is 12.4. The van der Waals surface area contributed by atoms with E-state index in [2.05, 4.69) is 4.99 Å². The molecule has 4 nitrogen and oxygen atoms in total. The number of carbonyl (C=O) groups excluding carboxylic acids is 1. The van der Waals surface area contributed by atoms with Gasteiger partial charge in [0.1, 0.15) is 5.75 Å². The molecule has 0 bridgehead atoms. The summed E-state index contributed by atoms with van der Waals surface area (Å²) in [4.78, 5) is 17.3. The Kier molecular flexibility index (Phi) is 4.73. The van der Waals surface area contributed by atoms with E-state index < -0.39 is 0 Å². The average Bonchev–Trinajstić information content (AvgIpc) is 2.85. The second kappa shape index (κ2) is 6.79. The second-order valence-corrected chi connectivity index (χ2v) is 7.05. The summed E-state index contributed by atoms with van der Waals surface area (Å²) >= 11 is 7.67. The molecule has 1 amide bonds. The molecule has 24 heavy (non-hydrogen) atoms. The SMILES string of the molecule is CC(C)Oc1ccc(C(=O)N=c2sc3cccc(Cl)c3n2C)cc1. The van der Waals surface area contributed by atoms with Gasteiger partial charge in [0.05, 0.1) is 21.3 Å². The van der Waals surface area contributed by atoms with Gasteiger partial charge in [0, 0.05) is 12.6 Å². The van der Waals surface area contributed by atoms with E-state index in [9.17, 15) is 4.79 Å². The Hall–Kier alpha value is -2.11. The van der Waals surface area contributed by atoms with Crippen molar-refractivity contribution in [2.24, 2.45) is 12.0 Å². The van der Waals surface area contributed by atoms with Gasteiger partial charge in [0.2, 0.25) is 0 Å². The number of hydrogen-bond donors (Lipinski definition) is 0. The summed E-state index contributed by atoms with van der Waals surface area (Å²) in [7, 11) is 1.86. The Labute approximate surface area is 149 Å². The first-order chi connectivity index (χ1) is 11.5. The van der Waals surface area contributed by atoms with Gasteiger partial charge in [-0.3, -0.25) is 4.79 Å². The van der Waals surface area contributed by atoms with Crippen LogP contribution in [0.4, 0.5) is 0 Å². The lowest BCUT2D eigenvalue weighted by Crippen LogP contribution is -2.13. The number of aromatic nitrogens is 1. The molecule has 0 saturated heterocycles. The third-order valence-corrected chi connectivity index (χ3v) is 4.85. The molecule has 0 aliphatic heterocycles. The normalized spacial score (nSPS) is 12.1. The van der Waals surface area contributed by atoms with Crippen LogP contribution in [-0.2, 0) is 7.05 Å². The number of para-hydroxylation sites is 1. The van der Waals surface area contributed by atoms with E-state index in [1.807, 2.05) is 43.7 Å². The van der Waals surface area contributed by atoms with Gasteiger partial charge in [-0.2, -0.15) is 4.99 Å². The van der Waals surface area contributed by atoms with Crippen LogP contribution in [0.25, 0.3) is 10.2 Å². The summed E-state index contributed by atoms with van der Waals surface area (Å²) in [5.74, 6) is 0.449. The van der Waals surface area contributed by atoms with Crippen molar-refractivity contribution < 1.29 is 9.53 Å². The molecule has 6 heteroatoms. The van der Waals surface area contributed by atoms with Gasteiger partial charge in [-0.1, -0.05) is 29.0 Å². The minimum absolute atomic E-state index is 0.0959. The molecule has 3 aromatic rings. The first kappa shape index (κ1) is 16.7. The van der Waals surface area contributed by atoms with Crippen LogP contribution >= 0.6 is 22.9 Å². The lowest BCUT2D eigenvalue weighted by Gasteiger charge is -2.09. The Morgan fingerprint density at radius 3 is 2.54 bits per heavy atom. The number of carbonyl (C=O) groups is 1. The van der Waals surface area contributed by atoms with Crippen LogP contribution in [0.2, 0.25) is 5.02 Å². The van der Waals surface area contributed by atoms with Crippen LogP contribution in [0.5, 0.6) is 5.75 Å². The van der Waals surface area contributed by atoms with Gasteiger partial charge in [0.15, 0.2) is 4.80 Å². The van der Waals surface area contributed by atoms with Crippen LogP contribution in [-0.4, -0.2) is 16.6 Å². The standard InChI is InChI=1S/C18H17ClN2O2S/c1-11(2)23-13-9-7-12(8-10-13)17(22)20-18-21(3)16-14(19)5-4-6-15(16)24-18/h4-11H,1-3H3. The third-order valence-electron chi connectivity index (χ3n) is 3.44. The van der Waals surface area contributed by atoms with Crippen LogP contribution in [0, 0.1) is 0 Å². The molecule has 3 rings (SSSR count). The maximum absolute atomic E-state index is 12.4. The van der Waals surface area contributed by atoms with Crippen molar-refractivity contribution >= 4 is 39.1 Å². The number of ether oxygens (including phenoxy) is 1. The monoisotopic (exact) mass is 360 g/mol. The Morgan fingerprint density at radius 2 is 1.92 bits per heavy atom. The van der Waals surface area contributed by atoms with E-state index in [0.717, 1.165) is 16.0 Å². The highest BCUT2D eigenvalue weighted by atomic mass is 35.5. The second-order valence-electron chi connectivity index (χ2n) is 5.64. The summed E-state index contributed by atoms with van der Waals surface area (Å²) in [6.45, 7) is 3.92. The topological polar surface area (TPSA) is 43.6 Å². The number of aryl methyl sites for hydroxylation is 1. The zero-order valence-corrected chi connectivity index (χ0v) is 15.2. The highest BCUT2D eigenvalue weighted by Crippen LogP contribution is 2.24. The molecule has 0 radical (unpaired) electrons. The van der Waals surface area contributed by atoms with Gasteiger partial charge in [-0.15, -0.1) is 0 Å². The molecule has 0 spiro atoms. The van der Waals surface area contributed by atoms with Crippen molar-refractivity contribution in [2.75, 3.05) is 0 Å². The molecule has 0 unspecified atom stereocenters. The van der Waals surface area contributed by atoms with E-state index in [0.29, 0.717) is 15.4 Å². The minimum Gasteiger partial charge on any atom is -0.491 e. The number of fused-ring (bicyclic) bond motifs is 1. The quantitative estimate of drug-likeness (QED) is 0.693. The van der Waals surface area contributed by atoms with Crippen LogP contribution in [0.3, 0.4) is 0 Å². The van der Waals surface area contributed by atoms with E-state index in [1.54, 1.807) is 24.3 Å². The fourth-order valence-electron chi connectivity index (χ4n) is 2.36. The average molecular weight is 361 g/mol. The van der Waals surface area contributed by atoms with Crippen molar-refractivity contribution in [3.8, 4) is 5.75 Å². The molecule has 0 atom stereocenters. The highest BCUT2D eigenvalue weighted by molar-refractivity contribution is 7.16. The molecule has 0 N–H and O–H groups in total. The summed E-state index contributed by atoms with van der Waals surface area (Å²) in [6, 6.07) is 12.7. The number of thiazole rings is 1. The fraction of sp³-hybridized carbons (Fsp3) is 0.222. The molecular weight excluding hydrogens is 344 g/mol. The predicted molar refractivity (Wildman–Crippen MR) is 97.9 cm³/mol. The van der Waals surface area contributed by atoms with E-state index in [-0.39, 0.29) is 12.0 Å². The molecule has 0 aliphatic rings. The molecule has 124 valence electrons. The molecule has 2 aromatic carbocycles. The number of halogens is 1. The molecule has 0 aliphatic carbocycles. The van der Waals surface area contributed by atoms with Gasteiger partial charge >= 0.3 is 0 Å². The first-order valence-corrected chi connectivity index (χ1v) is 8.75. The third kappa shape index (κ3) is 3.37. The van der Waals surface area contributed by atoms with Crippen molar-refractivity contribution in [1.29, 1.82) is 0 Å². The zero-order valence-electron chi connectivity index (χ0n) is 13.6.